The lowest BCUT2D eigenvalue weighted by Gasteiger charge is -2.20. The fourth-order valence-corrected chi connectivity index (χ4v) is 2.86. The zero-order valence-electron chi connectivity index (χ0n) is 8.29. The molecule has 1 aromatic heterocycles. The second-order valence-corrected chi connectivity index (χ2v) is 5.51. The number of nitrogens with zero attached hydrogens (tertiary/aromatic N) is 1. The van der Waals surface area contributed by atoms with E-state index >= 15 is 0 Å². The Hall–Kier alpha value is -0.250. The Bertz CT molecular complexity index is 294. The minimum Gasteiger partial charge on any atom is -0.366 e. The molecule has 0 aromatic carbocycles. The molecule has 0 aliphatic carbocycles. The number of halogens is 1. The molecule has 14 heavy (non-hydrogen) atoms. The van der Waals surface area contributed by atoms with E-state index in [1.165, 1.54) is 18.0 Å². The maximum atomic E-state index is 5.90. The van der Waals surface area contributed by atoms with Gasteiger partial charge in [-0.1, -0.05) is 11.6 Å². The number of anilines is 1. The first-order chi connectivity index (χ1) is 6.75. The van der Waals surface area contributed by atoms with Crippen molar-refractivity contribution < 1.29 is 0 Å². The van der Waals surface area contributed by atoms with Gasteiger partial charge in [0.05, 0.1) is 9.34 Å². The van der Waals surface area contributed by atoms with Crippen LogP contribution in [0.15, 0.2) is 12.1 Å². The SMILES string of the molecule is CN(CC1CCNC1)c1ccc(Cl)s1. The molecular formula is C10H15ClN2S. The molecule has 1 aromatic rings. The Labute approximate surface area is 93.9 Å². The van der Waals surface area contributed by atoms with E-state index in [4.69, 9.17) is 11.6 Å². The lowest BCUT2D eigenvalue weighted by Crippen LogP contribution is -2.25. The van der Waals surface area contributed by atoms with E-state index in [1.54, 1.807) is 11.3 Å². The van der Waals surface area contributed by atoms with Gasteiger partial charge in [0, 0.05) is 13.6 Å². The average Bonchev–Trinajstić information content (AvgIpc) is 2.75. The third kappa shape index (κ3) is 2.41. The van der Waals surface area contributed by atoms with Crippen LogP contribution in [0.3, 0.4) is 0 Å². The summed E-state index contributed by atoms with van der Waals surface area (Å²) in [6, 6.07) is 4.06. The van der Waals surface area contributed by atoms with Gasteiger partial charge < -0.3 is 10.2 Å². The zero-order valence-corrected chi connectivity index (χ0v) is 9.87. The van der Waals surface area contributed by atoms with Crippen molar-refractivity contribution in [1.29, 1.82) is 0 Å². The molecule has 1 fully saturated rings. The average molecular weight is 231 g/mol. The van der Waals surface area contributed by atoms with Crippen molar-refractivity contribution in [3.63, 3.8) is 0 Å². The van der Waals surface area contributed by atoms with Gasteiger partial charge in [-0.15, -0.1) is 11.3 Å². The highest BCUT2D eigenvalue weighted by Gasteiger charge is 2.17. The van der Waals surface area contributed by atoms with Gasteiger partial charge in [-0.2, -0.15) is 0 Å². The highest BCUT2D eigenvalue weighted by Crippen LogP contribution is 2.29. The van der Waals surface area contributed by atoms with Crippen molar-refractivity contribution in [2.45, 2.75) is 6.42 Å². The third-order valence-electron chi connectivity index (χ3n) is 2.63. The molecule has 78 valence electrons. The second-order valence-electron chi connectivity index (χ2n) is 3.82. The summed E-state index contributed by atoms with van der Waals surface area (Å²) in [5, 5.41) is 4.65. The number of thiophene rings is 1. The summed E-state index contributed by atoms with van der Waals surface area (Å²) in [7, 11) is 2.14. The number of nitrogens with one attached hydrogen (secondary N) is 1. The van der Waals surface area contributed by atoms with Crippen LogP contribution in [0.4, 0.5) is 5.00 Å². The van der Waals surface area contributed by atoms with Gasteiger partial charge in [-0.3, -0.25) is 0 Å². The highest BCUT2D eigenvalue weighted by atomic mass is 35.5. The van der Waals surface area contributed by atoms with Crippen LogP contribution in [0, 0.1) is 5.92 Å². The largest absolute Gasteiger partial charge is 0.366 e. The van der Waals surface area contributed by atoms with Crippen LogP contribution < -0.4 is 10.2 Å². The molecule has 0 bridgehead atoms. The smallest absolute Gasteiger partial charge is 0.0950 e. The summed E-state index contributed by atoms with van der Waals surface area (Å²) in [5.41, 5.74) is 0. The molecule has 0 spiro atoms. The maximum Gasteiger partial charge on any atom is 0.0950 e. The molecule has 2 nitrogen and oxygen atoms in total. The van der Waals surface area contributed by atoms with Crippen LogP contribution in [0.25, 0.3) is 0 Å². The molecule has 2 heterocycles. The predicted molar refractivity (Wildman–Crippen MR) is 63.6 cm³/mol. The fourth-order valence-electron chi connectivity index (χ4n) is 1.86. The standard InChI is InChI=1S/C10H15ClN2S/c1-13(7-8-4-5-12-6-8)10-3-2-9(11)14-10/h2-3,8,12H,4-7H2,1H3. The molecule has 4 heteroatoms. The van der Waals surface area contributed by atoms with Gasteiger partial charge >= 0.3 is 0 Å². The summed E-state index contributed by atoms with van der Waals surface area (Å²) in [4.78, 5) is 2.30. The van der Waals surface area contributed by atoms with Gasteiger partial charge in [0.1, 0.15) is 0 Å². The van der Waals surface area contributed by atoms with E-state index in [0.29, 0.717) is 0 Å². The Balaban J connectivity index is 1.91. The van der Waals surface area contributed by atoms with Crippen LogP contribution in [0.2, 0.25) is 4.34 Å². The highest BCUT2D eigenvalue weighted by molar-refractivity contribution is 7.19. The molecule has 1 aliphatic heterocycles. The summed E-state index contributed by atoms with van der Waals surface area (Å²) in [6.07, 6.45) is 1.30. The van der Waals surface area contributed by atoms with Crippen LogP contribution in [-0.2, 0) is 0 Å². The molecule has 1 saturated heterocycles. The van der Waals surface area contributed by atoms with Crippen molar-refractivity contribution in [2.24, 2.45) is 5.92 Å². The molecule has 0 saturated carbocycles. The summed E-state index contributed by atoms with van der Waals surface area (Å²) in [5.74, 6) is 0.792. The van der Waals surface area contributed by atoms with E-state index in [0.717, 1.165) is 23.3 Å². The van der Waals surface area contributed by atoms with E-state index < -0.39 is 0 Å². The van der Waals surface area contributed by atoms with Gasteiger partial charge in [0.25, 0.3) is 0 Å². The minimum absolute atomic E-state index is 0.792. The first-order valence-corrected chi connectivity index (χ1v) is 6.12. The molecule has 1 N–H and O–H groups in total. The molecule has 0 amide bonds. The van der Waals surface area contributed by atoms with Gasteiger partial charge in [-0.05, 0) is 37.6 Å². The Morgan fingerprint density at radius 1 is 1.64 bits per heavy atom. The molecule has 1 aliphatic rings. The molecule has 2 rings (SSSR count). The van der Waals surface area contributed by atoms with E-state index in [9.17, 15) is 0 Å². The molecule has 1 unspecified atom stereocenters. The van der Waals surface area contributed by atoms with Crippen LogP contribution in [0.5, 0.6) is 0 Å². The van der Waals surface area contributed by atoms with Crippen LogP contribution in [-0.4, -0.2) is 26.7 Å². The fraction of sp³-hybridized carbons (Fsp3) is 0.600. The van der Waals surface area contributed by atoms with Crippen molar-refractivity contribution in [3.05, 3.63) is 16.5 Å². The molecular weight excluding hydrogens is 216 g/mol. The lowest BCUT2D eigenvalue weighted by molar-refractivity contribution is 0.580. The number of hydrogen-bond donors (Lipinski definition) is 1. The number of hydrogen-bond acceptors (Lipinski definition) is 3. The topological polar surface area (TPSA) is 15.3 Å². The Morgan fingerprint density at radius 2 is 2.50 bits per heavy atom. The zero-order chi connectivity index (χ0) is 9.97. The quantitative estimate of drug-likeness (QED) is 0.858. The van der Waals surface area contributed by atoms with Gasteiger partial charge in [-0.25, -0.2) is 0 Å². The van der Waals surface area contributed by atoms with Crippen molar-refractivity contribution >= 4 is 27.9 Å². The van der Waals surface area contributed by atoms with Crippen molar-refractivity contribution in [1.82, 2.24) is 5.32 Å². The summed E-state index contributed by atoms with van der Waals surface area (Å²) >= 11 is 7.55. The first kappa shape index (κ1) is 10.3. The minimum atomic E-state index is 0.792. The number of rotatable bonds is 3. The van der Waals surface area contributed by atoms with E-state index in [1.807, 2.05) is 6.07 Å². The summed E-state index contributed by atoms with van der Waals surface area (Å²) < 4.78 is 0.872. The Kier molecular flexibility index (Phi) is 3.31. The molecule has 0 radical (unpaired) electrons. The molecule has 1 atom stereocenters. The van der Waals surface area contributed by atoms with Gasteiger partial charge in [0.2, 0.25) is 0 Å². The van der Waals surface area contributed by atoms with Crippen molar-refractivity contribution in [3.8, 4) is 0 Å². The monoisotopic (exact) mass is 230 g/mol. The van der Waals surface area contributed by atoms with Crippen molar-refractivity contribution in [2.75, 3.05) is 31.6 Å². The first-order valence-electron chi connectivity index (χ1n) is 4.93. The second kappa shape index (κ2) is 4.51. The van der Waals surface area contributed by atoms with Crippen LogP contribution in [0.1, 0.15) is 6.42 Å². The van der Waals surface area contributed by atoms with E-state index in [-0.39, 0.29) is 0 Å². The van der Waals surface area contributed by atoms with E-state index in [2.05, 4.69) is 23.3 Å². The lowest BCUT2D eigenvalue weighted by atomic mass is 10.1. The predicted octanol–water partition coefficient (Wildman–Crippen LogP) is 2.45. The van der Waals surface area contributed by atoms with Crippen LogP contribution >= 0.6 is 22.9 Å². The summed E-state index contributed by atoms with van der Waals surface area (Å²) in [6.45, 7) is 3.46. The Morgan fingerprint density at radius 3 is 3.07 bits per heavy atom. The van der Waals surface area contributed by atoms with Gasteiger partial charge in [0.15, 0.2) is 0 Å². The normalized spacial score (nSPS) is 21.4. The maximum absolute atomic E-state index is 5.90. The third-order valence-corrected chi connectivity index (χ3v) is 3.98.